The first-order valence-corrected chi connectivity index (χ1v) is 7.92. The van der Waals surface area contributed by atoms with Crippen molar-refractivity contribution in [2.24, 2.45) is 5.92 Å². The maximum atomic E-state index is 11.5. The predicted molar refractivity (Wildman–Crippen MR) is 65.1 cm³/mol. The summed E-state index contributed by atoms with van der Waals surface area (Å²) in [6, 6.07) is 0.294. The molecule has 0 aromatic carbocycles. The van der Waals surface area contributed by atoms with Crippen LogP contribution < -0.4 is 5.32 Å². The van der Waals surface area contributed by atoms with E-state index in [9.17, 15) is 8.42 Å². The van der Waals surface area contributed by atoms with E-state index >= 15 is 0 Å². The van der Waals surface area contributed by atoms with Crippen molar-refractivity contribution in [1.29, 1.82) is 0 Å². The van der Waals surface area contributed by atoms with Crippen molar-refractivity contribution in [2.45, 2.75) is 43.9 Å². The molecule has 0 aromatic rings. The highest BCUT2D eigenvalue weighted by molar-refractivity contribution is 7.91. The Morgan fingerprint density at radius 3 is 2.69 bits per heavy atom. The molecule has 1 rings (SSSR count). The normalized spacial score (nSPS) is 28.9. The Morgan fingerprint density at radius 1 is 1.44 bits per heavy atom. The molecule has 5 heteroatoms. The highest BCUT2D eigenvalue weighted by Gasteiger charge is 2.28. The molecule has 0 spiro atoms. The van der Waals surface area contributed by atoms with Crippen LogP contribution in [0, 0.1) is 5.92 Å². The average molecular weight is 249 g/mol. The maximum Gasteiger partial charge on any atom is 0.150 e. The Labute approximate surface area is 98.4 Å². The van der Waals surface area contributed by atoms with E-state index in [1.54, 1.807) is 0 Å². The number of nitrogens with one attached hydrogen (secondary N) is 1. The summed E-state index contributed by atoms with van der Waals surface area (Å²) in [6.07, 6.45) is 4.87. The molecule has 1 aliphatic carbocycles. The van der Waals surface area contributed by atoms with Crippen LogP contribution in [0.2, 0.25) is 0 Å². The largest absolute Gasteiger partial charge is 0.396 e. The highest BCUT2D eigenvalue weighted by Crippen LogP contribution is 2.23. The average Bonchev–Trinajstić information content (AvgIpc) is 2.25. The Hall–Kier alpha value is -0.130. The fourth-order valence-electron chi connectivity index (χ4n) is 2.15. The smallest absolute Gasteiger partial charge is 0.150 e. The molecule has 0 heterocycles. The fraction of sp³-hybridized carbons (Fsp3) is 1.00. The van der Waals surface area contributed by atoms with Crippen molar-refractivity contribution in [1.82, 2.24) is 5.32 Å². The molecule has 0 amide bonds. The van der Waals surface area contributed by atoms with Crippen molar-refractivity contribution in [3.05, 3.63) is 0 Å². The second kappa shape index (κ2) is 5.98. The van der Waals surface area contributed by atoms with Gasteiger partial charge in [-0.15, -0.1) is 0 Å². The van der Waals surface area contributed by atoms with E-state index in [1.807, 2.05) is 6.92 Å². The molecule has 1 aliphatic rings. The van der Waals surface area contributed by atoms with Crippen LogP contribution in [-0.2, 0) is 9.84 Å². The molecular formula is C11H23NO3S. The molecule has 1 fully saturated rings. The molecule has 1 saturated carbocycles. The first-order chi connectivity index (χ1) is 7.43. The van der Waals surface area contributed by atoms with Crippen LogP contribution in [0.3, 0.4) is 0 Å². The van der Waals surface area contributed by atoms with Crippen LogP contribution in [0.1, 0.15) is 32.6 Å². The Bertz CT molecular complexity index is 302. The summed E-state index contributed by atoms with van der Waals surface area (Å²) in [6.45, 7) is 2.91. The fourth-order valence-corrected chi connectivity index (χ4v) is 3.33. The molecule has 3 atom stereocenters. The van der Waals surface area contributed by atoms with Crippen molar-refractivity contribution < 1.29 is 13.5 Å². The number of hydrogen-bond acceptors (Lipinski definition) is 4. The van der Waals surface area contributed by atoms with Gasteiger partial charge < -0.3 is 10.4 Å². The summed E-state index contributed by atoms with van der Waals surface area (Å²) < 4.78 is 22.9. The van der Waals surface area contributed by atoms with Gasteiger partial charge in [0.2, 0.25) is 0 Å². The Balaban J connectivity index is 2.39. The molecular weight excluding hydrogens is 226 g/mol. The van der Waals surface area contributed by atoms with Crippen LogP contribution in [0.15, 0.2) is 0 Å². The Morgan fingerprint density at radius 2 is 2.12 bits per heavy atom. The number of sulfone groups is 1. The van der Waals surface area contributed by atoms with Crippen LogP contribution in [-0.4, -0.2) is 44.2 Å². The third-order valence-electron chi connectivity index (χ3n) is 3.30. The van der Waals surface area contributed by atoms with Crippen molar-refractivity contribution in [3.63, 3.8) is 0 Å². The zero-order chi connectivity index (χ0) is 12.2. The highest BCUT2D eigenvalue weighted by atomic mass is 32.2. The predicted octanol–water partition coefficient (Wildman–Crippen LogP) is 0.560. The van der Waals surface area contributed by atoms with Gasteiger partial charge in [-0.25, -0.2) is 8.42 Å². The van der Waals surface area contributed by atoms with Gasteiger partial charge in [-0.05, 0) is 25.2 Å². The summed E-state index contributed by atoms with van der Waals surface area (Å²) in [5.41, 5.74) is 0. The van der Waals surface area contributed by atoms with Gasteiger partial charge in [-0.2, -0.15) is 0 Å². The topological polar surface area (TPSA) is 66.4 Å². The van der Waals surface area contributed by atoms with Crippen LogP contribution >= 0.6 is 0 Å². The number of aliphatic hydroxyl groups excluding tert-OH is 1. The lowest BCUT2D eigenvalue weighted by Crippen LogP contribution is -2.40. The summed E-state index contributed by atoms with van der Waals surface area (Å²) in [7, 11) is -2.89. The van der Waals surface area contributed by atoms with Crippen LogP contribution in [0.4, 0.5) is 0 Å². The lowest BCUT2D eigenvalue weighted by molar-refractivity contribution is 0.225. The van der Waals surface area contributed by atoms with E-state index in [0.717, 1.165) is 32.2 Å². The van der Waals surface area contributed by atoms with E-state index in [4.69, 9.17) is 5.11 Å². The lowest BCUT2D eigenvalue weighted by Gasteiger charge is -2.29. The van der Waals surface area contributed by atoms with Crippen molar-refractivity contribution >= 4 is 9.84 Å². The molecule has 0 radical (unpaired) electrons. The third kappa shape index (κ3) is 4.39. The molecule has 0 aliphatic heterocycles. The first kappa shape index (κ1) is 13.9. The zero-order valence-electron chi connectivity index (χ0n) is 10.1. The number of aliphatic hydroxyl groups is 1. The quantitative estimate of drug-likeness (QED) is 0.747. The summed E-state index contributed by atoms with van der Waals surface area (Å²) >= 11 is 0. The first-order valence-electron chi connectivity index (χ1n) is 5.96. The van der Waals surface area contributed by atoms with E-state index < -0.39 is 9.84 Å². The van der Waals surface area contributed by atoms with Crippen molar-refractivity contribution in [2.75, 3.05) is 19.4 Å². The molecule has 0 aromatic heterocycles. The minimum absolute atomic E-state index is 0.176. The zero-order valence-corrected chi connectivity index (χ0v) is 11.0. The van der Waals surface area contributed by atoms with Crippen LogP contribution in [0.5, 0.6) is 0 Å². The van der Waals surface area contributed by atoms with Crippen LogP contribution in [0.25, 0.3) is 0 Å². The van der Waals surface area contributed by atoms with E-state index in [0.29, 0.717) is 6.04 Å². The van der Waals surface area contributed by atoms with Gasteiger partial charge in [0, 0.05) is 25.4 Å². The SMILES string of the molecule is CC(CO)CNC1CCCC(S(C)(=O)=O)C1. The third-order valence-corrected chi connectivity index (χ3v) is 4.94. The van der Waals surface area contributed by atoms with E-state index in [-0.39, 0.29) is 17.8 Å². The molecule has 96 valence electrons. The van der Waals surface area contributed by atoms with Gasteiger partial charge >= 0.3 is 0 Å². The molecule has 0 saturated heterocycles. The standard InChI is InChI=1S/C11H23NO3S/c1-9(8-13)7-12-10-4-3-5-11(6-10)16(2,14)15/h9-13H,3-8H2,1-2H3. The van der Waals surface area contributed by atoms with Gasteiger partial charge in [0.05, 0.1) is 5.25 Å². The van der Waals surface area contributed by atoms with Gasteiger partial charge in [-0.1, -0.05) is 13.3 Å². The summed E-state index contributed by atoms with van der Waals surface area (Å²) in [4.78, 5) is 0. The minimum atomic E-state index is -2.89. The molecule has 3 unspecified atom stereocenters. The molecule has 0 bridgehead atoms. The van der Waals surface area contributed by atoms with Gasteiger partial charge in [0.1, 0.15) is 9.84 Å². The number of rotatable bonds is 5. The minimum Gasteiger partial charge on any atom is -0.396 e. The Kier molecular flexibility index (Phi) is 5.21. The monoisotopic (exact) mass is 249 g/mol. The second-order valence-corrected chi connectivity index (χ2v) is 7.34. The molecule has 16 heavy (non-hydrogen) atoms. The maximum absolute atomic E-state index is 11.5. The van der Waals surface area contributed by atoms with Gasteiger partial charge in [0.25, 0.3) is 0 Å². The second-order valence-electron chi connectivity index (χ2n) is 5.01. The molecule has 4 nitrogen and oxygen atoms in total. The summed E-state index contributed by atoms with van der Waals surface area (Å²) in [5, 5.41) is 12.1. The summed E-state index contributed by atoms with van der Waals surface area (Å²) in [5.74, 6) is 0.235. The van der Waals surface area contributed by atoms with E-state index in [2.05, 4.69) is 5.32 Å². The number of hydrogen-bond donors (Lipinski definition) is 2. The van der Waals surface area contributed by atoms with Gasteiger partial charge in [-0.3, -0.25) is 0 Å². The lowest BCUT2D eigenvalue weighted by atomic mass is 9.94. The molecule has 2 N–H and O–H groups in total. The van der Waals surface area contributed by atoms with Crippen molar-refractivity contribution in [3.8, 4) is 0 Å². The van der Waals surface area contributed by atoms with Gasteiger partial charge in [0.15, 0.2) is 0 Å². The van der Waals surface area contributed by atoms with E-state index in [1.165, 1.54) is 6.26 Å².